The van der Waals surface area contributed by atoms with Gasteiger partial charge in [-0.1, -0.05) is 13.8 Å². The maximum Gasteiger partial charge on any atom is 0.0920 e. The molecule has 0 radical (unpaired) electrons. The van der Waals surface area contributed by atoms with Gasteiger partial charge in [-0.15, -0.1) is 0 Å². The van der Waals surface area contributed by atoms with Gasteiger partial charge in [0, 0.05) is 0 Å². The predicted molar refractivity (Wildman–Crippen MR) is 50.1 cm³/mol. The van der Waals surface area contributed by atoms with Crippen LogP contribution in [0, 0.1) is 11.8 Å². The van der Waals surface area contributed by atoms with Crippen LogP contribution in [0.4, 0.5) is 0 Å². The largest absolute Gasteiger partial charge is 0.366 e. The molecule has 0 aromatic heterocycles. The Morgan fingerprint density at radius 1 is 1.50 bits per heavy atom. The number of ether oxygens (including phenoxy) is 1. The van der Waals surface area contributed by atoms with Crippen LogP contribution < -0.4 is 0 Å². The Morgan fingerprint density at radius 2 is 2.25 bits per heavy atom. The first-order valence-corrected chi connectivity index (χ1v) is 5.28. The van der Waals surface area contributed by atoms with Crippen LogP contribution in [-0.2, 0) is 4.74 Å². The molecule has 0 spiro atoms. The number of epoxide rings is 1. The van der Waals surface area contributed by atoms with E-state index in [1.54, 1.807) is 0 Å². The molecule has 1 saturated carbocycles. The summed E-state index contributed by atoms with van der Waals surface area (Å²) in [6.45, 7) is 6.91. The van der Waals surface area contributed by atoms with Gasteiger partial charge >= 0.3 is 0 Å². The molecule has 1 nitrogen and oxygen atoms in total. The fraction of sp³-hybridized carbons (Fsp3) is 1.00. The molecule has 70 valence electrons. The van der Waals surface area contributed by atoms with Gasteiger partial charge in [0.25, 0.3) is 0 Å². The van der Waals surface area contributed by atoms with Crippen LogP contribution in [-0.4, -0.2) is 11.7 Å². The van der Waals surface area contributed by atoms with Crippen molar-refractivity contribution in [3.8, 4) is 0 Å². The van der Waals surface area contributed by atoms with Gasteiger partial charge in [-0.3, -0.25) is 0 Å². The molecule has 12 heavy (non-hydrogen) atoms. The monoisotopic (exact) mass is 168 g/mol. The molecule has 2 aliphatic rings. The summed E-state index contributed by atoms with van der Waals surface area (Å²) in [6.07, 6.45) is 6.04. The van der Waals surface area contributed by atoms with Crippen molar-refractivity contribution < 1.29 is 4.74 Å². The third-order valence-electron chi connectivity index (χ3n) is 3.44. The highest BCUT2D eigenvalue weighted by Gasteiger charge is 2.54. The van der Waals surface area contributed by atoms with Gasteiger partial charge in [-0.05, 0) is 44.4 Å². The predicted octanol–water partition coefficient (Wildman–Crippen LogP) is 2.99. The van der Waals surface area contributed by atoms with E-state index in [1.807, 2.05) is 0 Å². The minimum Gasteiger partial charge on any atom is -0.366 e. The van der Waals surface area contributed by atoms with E-state index in [0.717, 1.165) is 11.8 Å². The Hall–Kier alpha value is -0.0400. The zero-order chi connectivity index (χ0) is 8.77. The van der Waals surface area contributed by atoms with E-state index < -0.39 is 0 Å². The molecule has 1 aliphatic heterocycles. The van der Waals surface area contributed by atoms with Crippen LogP contribution in [0.3, 0.4) is 0 Å². The summed E-state index contributed by atoms with van der Waals surface area (Å²) in [7, 11) is 0. The van der Waals surface area contributed by atoms with Crippen LogP contribution in [0.5, 0.6) is 0 Å². The lowest BCUT2D eigenvalue weighted by Crippen LogP contribution is -2.22. The minimum absolute atomic E-state index is 0.313. The topological polar surface area (TPSA) is 12.5 Å². The molecule has 1 saturated heterocycles. The summed E-state index contributed by atoms with van der Waals surface area (Å²) < 4.78 is 5.68. The summed E-state index contributed by atoms with van der Waals surface area (Å²) in [4.78, 5) is 0. The van der Waals surface area contributed by atoms with Crippen molar-refractivity contribution in [2.45, 2.75) is 58.2 Å². The molecule has 1 heterocycles. The molecule has 0 amide bonds. The summed E-state index contributed by atoms with van der Waals surface area (Å²) in [5.41, 5.74) is 0.313. The van der Waals surface area contributed by atoms with Crippen LogP contribution in [0.15, 0.2) is 0 Å². The molecule has 0 aromatic carbocycles. The Morgan fingerprint density at radius 3 is 2.83 bits per heavy atom. The van der Waals surface area contributed by atoms with Gasteiger partial charge in [0.2, 0.25) is 0 Å². The van der Waals surface area contributed by atoms with Crippen LogP contribution >= 0.6 is 0 Å². The second kappa shape index (κ2) is 2.73. The van der Waals surface area contributed by atoms with Crippen LogP contribution in [0.2, 0.25) is 0 Å². The second-order valence-corrected chi connectivity index (χ2v) is 5.19. The van der Waals surface area contributed by atoms with Gasteiger partial charge in [0.15, 0.2) is 0 Å². The molecule has 0 bridgehead atoms. The Kier molecular flexibility index (Phi) is 1.95. The maximum atomic E-state index is 5.68. The first kappa shape index (κ1) is 8.55. The number of fused-ring (bicyclic) bond motifs is 1. The fourth-order valence-corrected chi connectivity index (χ4v) is 2.60. The summed E-state index contributed by atoms with van der Waals surface area (Å²) in [6, 6.07) is 0. The Balaban J connectivity index is 1.82. The molecule has 2 fully saturated rings. The van der Waals surface area contributed by atoms with Gasteiger partial charge in [0.05, 0.1) is 11.7 Å². The SMILES string of the molecule is CC(C)CC1CCC2(C)OC2C1. The fourth-order valence-electron chi connectivity index (χ4n) is 2.60. The van der Waals surface area contributed by atoms with E-state index in [9.17, 15) is 0 Å². The van der Waals surface area contributed by atoms with E-state index in [4.69, 9.17) is 4.74 Å². The zero-order valence-corrected chi connectivity index (χ0v) is 8.47. The molecule has 1 heteroatoms. The van der Waals surface area contributed by atoms with E-state index >= 15 is 0 Å². The highest BCUT2D eigenvalue weighted by molar-refractivity contribution is 5.03. The van der Waals surface area contributed by atoms with Crippen molar-refractivity contribution in [2.24, 2.45) is 11.8 Å². The molecular weight excluding hydrogens is 148 g/mol. The van der Waals surface area contributed by atoms with Gasteiger partial charge in [-0.2, -0.15) is 0 Å². The van der Waals surface area contributed by atoms with E-state index in [2.05, 4.69) is 20.8 Å². The van der Waals surface area contributed by atoms with Crippen molar-refractivity contribution in [1.82, 2.24) is 0 Å². The molecule has 3 atom stereocenters. The van der Waals surface area contributed by atoms with E-state index in [-0.39, 0.29) is 0 Å². The number of rotatable bonds is 2. The molecule has 1 aliphatic carbocycles. The molecular formula is C11H20O. The van der Waals surface area contributed by atoms with Crippen molar-refractivity contribution in [1.29, 1.82) is 0 Å². The average molecular weight is 168 g/mol. The smallest absolute Gasteiger partial charge is 0.0920 e. The van der Waals surface area contributed by atoms with Gasteiger partial charge < -0.3 is 4.74 Å². The third-order valence-corrected chi connectivity index (χ3v) is 3.44. The summed E-state index contributed by atoms with van der Waals surface area (Å²) in [5.74, 6) is 1.81. The maximum absolute atomic E-state index is 5.68. The van der Waals surface area contributed by atoms with Crippen molar-refractivity contribution in [3.05, 3.63) is 0 Å². The van der Waals surface area contributed by atoms with Crippen molar-refractivity contribution in [2.75, 3.05) is 0 Å². The summed E-state index contributed by atoms with van der Waals surface area (Å²) >= 11 is 0. The van der Waals surface area contributed by atoms with Gasteiger partial charge in [0.1, 0.15) is 0 Å². The number of hydrogen-bond acceptors (Lipinski definition) is 1. The number of hydrogen-bond donors (Lipinski definition) is 0. The first-order valence-electron chi connectivity index (χ1n) is 5.28. The summed E-state index contributed by atoms with van der Waals surface area (Å²) in [5, 5.41) is 0. The highest BCUT2D eigenvalue weighted by Crippen LogP contribution is 2.50. The quantitative estimate of drug-likeness (QED) is 0.577. The van der Waals surface area contributed by atoms with Crippen LogP contribution in [0.1, 0.15) is 46.5 Å². The van der Waals surface area contributed by atoms with Crippen molar-refractivity contribution in [3.63, 3.8) is 0 Å². The third kappa shape index (κ3) is 1.52. The Bertz CT molecular complexity index is 176. The van der Waals surface area contributed by atoms with Gasteiger partial charge in [-0.25, -0.2) is 0 Å². The molecule has 2 rings (SSSR count). The van der Waals surface area contributed by atoms with Crippen molar-refractivity contribution >= 4 is 0 Å². The lowest BCUT2D eigenvalue weighted by Gasteiger charge is -2.23. The molecule has 0 N–H and O–H groups in total. The Labute approximate surface area is 75.5 Å². The van der Waals surface area contributed by atoms with E-state index in [0.29, 0.717) is 11.7 Å². The zero-order valence-electron chi connectivity index (χ0n) is 8.47. The van der Waals surface area contributed by atoms with E-state index in [1.165, 1.54) is 25.7 Å². The minimum atomic E-state index is 0.313. The lowest BCUT2D eigenvalue weighted by molar-refractivity contribution is 0.291. The average Bonchev–Trinajstić information content (AvgIpc) is 2.59. The molecule has 0 aromatic rings. The lowest BCUT2D eigenvalue weighted by atomic mass is 9.79. The highest BCUT2D eigenvalue weighted by atomic mass is 16.6. The molecule has 3 unspecified atom stereocenters. The second-order valence-electron chi connectivity index (χ2n) is 5.19. The van der Waals surface area contributed by atoms with Crippen LogP contribution in [0.25, 0.3) is 0 Å². The first-order chi connectivity index (χ1) is 5.60. The normalized spacial score (nSPS) is 46.0. The standard InChI is InChI=1S/C11H20O/c1-8(2)6-9-4-5-11(3)10(7-9)12-11/h8-10H,4-7H2,1-3H3.